The highest BCUT2D eigenvalue weighted by Crippen LogP contribution is 2.35. The standard InChI is InChI=1S/C27H43NO9/c1-16(8-11-23-25(32)27(34,15-29)14-26(6,33)37-23)7-10-22-17(2)13-21(19(4)36-22)28-24(31)12-9-18(3)35-20(5)30/h7-9,11-12,17-19,21-23,25,29,32-34H,10,13-15H2,1-6H3,(H,28,31)/b11-8+,12-9-,16-7-/t17-,18-,19+,21+,22-,23+,25+,26-,27+/m0/s1. The molecule has 5 N–H and O–H groups in total. The quantitative estimate of drug-likeness (QED) is 0.170. The van der Waals surface area contributed by atoms with Gasteiger partial charge in [-0.3, -0.25) is 9.59 Å². The Kier molecular flexibility index (Phi) is 11.0. The minimum Gasteiger partial charge on any atom is -0.459 e. The molecule has 0 spiro atoms. The summed E-state index contributed by atoms with van der Waals surface area (Å²) in [4.78, 5) is 23.3. The first-order chi connectivity index (χ1) is 17.2. The Balaban J connectivity index is 1.91. The Morgan fingerprint density at radius 1 is 1.22 bits per heavy atom. The van der Waals surface area contributed by atoms with Crippen molar-refractivity contribution >= 4 is 11.9 Å². The molecule has 0 saturated carbocycles. The number of allylic oxidation sites excluding steroid dienone is 2. The first-order valence-electron chi connectivity index (χ1n) is 12.7. The van der Waals surface area contributed by atoms with Crippen molar-refractivity contribution in [3.8, 4) is 0 Å². The van der Waals surface area contributed by atoms with Crippen LogP contribution in [0.3, 0.4) is 0 Å². The molecule has 37 heavy (non-hydrogen) atoms. The summed E-state index contributed by atoms with van der Waals surface area (Å²) in [6, 6.07) is -0.152. The normalized spacial score (nSPS) is 38.1. The number of esters is 1. The zero-order valence-electron chi connectivity index (χ0n) is 22.6. The van der Waals surface area contributed by atoms with Gasteiger partial charge in [-0.25, -0.2) is 0 Å². The molecular formula is C27H43NO9. The van der Waals surface area contributed by atoms with Crippen LogP contribution in [0.4, 0.5) is 0 Å². The fourth-order valence-electron chi connectivity index (χ4n) is 4.76. The molecule has 0 aromatic heterocycles. The molecule has 0 aromatic rings. The lowest BCUT2D eigenvalue weighted by Crippen LogP contribution is -2.62. The van der Waals surface area contributed by atoms with Gasteiger partial charge in [0.2, 0.25) is 5.91 Å². The molecule has 2 saturated heterocycles. The van der Waals surface area contributed by atoms with Crippen LogP contribution in [-0.4, -0.2) is 86.9 Å². The second-order valence-corrected chi connectivity index (χ2v) is 10.6. The molecular weight excluding hydrogens is 482 g/mol. The van der Waals surface area contributed by atoms with Gasteiger partial charge in [0.05, 0.1) is 24.9 Å². The average Bonchev–Trinajstić information content (AvgIpc) is 2.79. The van der Waals surface area contributed by atoms with E-state index in [1.807, 2.05) is 19.9 Å². The minimum absolute atomic E-state index is 0.0530. The van der Waals surface area contributed by atoms with Gasteiger partial charge in [0, 0.05) is 19.4 Å². The van der Waals surface area contributed by atoms with Crippen LogP contribution >= 0.6 is 0 Å². The maximum atomic E-state index is 12.3. The molecule has 1 amide bonds. The Bertz CT molecular complexity index is 883. The van der Waals surface area contributed by atoms with Gasteiger partial charge in [0.1, 0.15) is 23.9 Å². The van der Waals surface area contributed by atoms with Gasteiger partial charge in [-0.15, -0.1) is 0 Å². The Hall–Kier alpha value is -2.08. The Morgan fingerprint density at radius 2 is 1.89 bits per heavy atom. The monoisotopic (exact) mass is 525 g/mol. The first-order valence-corrected chi connectivity index (χ1v) is 12.7. The predicted octanol–water partition coefficient (Wildman–Crippen LogP) is 1.27. The van der Waals surface area contributed by atoms with Crippen molar-refractivity contribution in [2.24, 2.45) is 5.92 Å². The van der Waals surface area contributed by atoms with Gasteiger partial charge >= 0.3 is 5.97 Å². The molecule has 9 atom stereocenters. The van der Waals surface area contributed by atoms with Crippen LogP contribution in [0.1, 0.15) is 60.8 Å². The van der Waals surface area contributed by atoms with Crippen molar-refractivity contribution in [3.63, 3.8) is 0 Å². The second kappa shape index (κ2) is 13.1. The van der Waals surface area contributed by atoms with Crippen molar-refractivity contribution < 1.29 is 44.2 Å². The van der Waals surface area contributed by atoms with E-state index in [0.717, 1.165) is 12.0 Å². The van der Waals surface area contributed by atoms with Crippen LogP contribution in [0.25, 0.3) is 0 Å². The molecule has 10 nitrogen and oxygen atoms in total. The van der Waals surface area contributed by atoms with E-state index in [1.54, 1.807) is 19.1 Å². The molecule has 2 rings (SSSR count). The summed E-state index contributed by atoms with van der Waals surface area (Å²) >= 11 is 0. The molecule has 0 radical (unpaired) electrons. The topological polar surface area (TPSA) is 155 Å². The average molecular weight is 526 g/mol. The maximum absolute atomic E-state index is 12.3. The Morgan fingerprint density at radius 3 is 2.51 bits per heavy atom. The summed E-state index contributed by atoms with van der Waals surface area (Å²) in [6.07, 6.45) is 6.11. The molecule has 0 bridgehead atoms. The van der Waals surface area contributed by atoms with Gasteiger partial charge in [0.25, 0.3) is 0 Å². The van der Waals surface area contributed by atoms with Gasteiger partial charge in [0.15, 0.2) is 5.79 Å². The van der Waals surface area contributed by atoms with E-state index in [-0.39, 0.29) is 36.5 Å². The zero-order chi connectivity index (χ0) is 28.0. The third kappa shape index (κ3) is 9.31. The number of ether oxygens (including phenoxy) is 3. The highest BCUT2D eigenvalue weighted by atomic mass is 16.6. The summed E-state index contributed by atoms with van der Waals surface area (Å²) in [7, 11) is 0. The molecule has 2 aliphatic rings. The molecule has 2 fully saturated rings. The molecule has 210 valence electrons. The van der Waals surface area contributed by atoms with Crippen LogP contribution in [0.15, 0.2) is 36.0 Å². The lowest BCUT2D eigenvalue weighted by Gasteiger charge is -2.46. The summed E-state index contributed by atoms with van der Waals surface area (Å²) in [5.41, 5.74) is -0.988. The van der Waals surface area contributed by atoms with E-state index in [4.69, 9.17) is 14.2 Å². The molecule has 2 aliphatic heterocycles. The smallest absolute Gasteiger partial charge is 0.303 e. The van der Waals surface area contributed by atoms with Crippen molar-refractivity contribution in [1.29, 1.82) is 0 Å². The number of amides is 1. The lowest BCUT2D eigenvalue weighted by atomic mass is 9.83. The highest BCUT2D eigenvalue weighted by molar-refractivity contribution is 5.87. The molecule has 10 heteroatoms. The number of nitrogens with one attached hydrogen (secondary N) is 1. The number of rotatable bonds is 9. The third-order valence-corrected chi connectivity index (χ3v) is 6.80. The fraction of sp³-hybridized carbons (Fsp3) is 0.704. The summed E-state index contributed by atoms with van der Waals surface area (Å²) in [5.74, 6) is -2.19. The molecule has 0 unspecified atom stereocenters. The number of aliphatic hydroxyl groups excluding tert-OH is 2. The van der Waals surface area contributed by atoms with Gasteiger partial charge in [-0.05, 0) is 52.5 Å². The van der Waals surface area contributed by atoms with Crippen molar-refractivity contribution in [2.75, 3.05) is 6.61 Å². The van der Waals surface area contributed by atoms with E-state index in [1.165, 1.54) is 26.0 Å². The van der Waals surface area contributed by atoms with E-state index in [2.05, 4.69) is 12.2 Å². The number of hydrogen-bond acceptors (Lipinski definition) is 9. The molecule has 0 aliphatic carbocycles. The third-order valence-electron chi connectivity index (χ3n) is 6.80. The van der Waals surface area contributed by atoms with E-state index < -0.39 is 42.3 Å². The fourth-order valence-corrected chi connectivity index (χ4v) is 4.76. The van der Waals surface area contributed by atoms with Gasteiger partial charge in [-0.2, -0.15) is 0 Å². The maximum Gasteiger partial charge on any atom is 0.303 e. The second-order valence-electron chi connectivity index (χ2n) is 10.6. The molecule has 2 heterocycles. The van der Waals surface area contributed by atoms with Crippen LogP contribution in [0, 0.1) is 5.92 Å². The van der Waals surface area contributed by atoms with Crippen LogP contribution < -0.4 is 5.32 Å². The zero-order valence-corrected chi connectivity index (χ0v) is 22.6. The number of carbonyl (C=O) groups excluding carboxylic acids is 2. The summed E-state index contributed by atoms with van der Waals surface area (Å²) in [6.45, 7) is 9.53. The van der Waals surface area contributed by atoms with Crippen LogP contribution in [-0.2, 0) is 23.8 Å². The number of carbonyl (C=O) groups is 2. The first kappa shape index (κ1) is 31.1. The minimum atomic E-state index is -1.86. The Labute approximate surface area is 219 Å². The largest absolute Gasteiger partial charge is 0.459 e. The molecule has 0 aromatic carbocycles. The number of aliphatic hydroxyl groups is 4. The van der Waals surface area contributed by atoms with Crippen LogP contribution in [0.5, 0.6) is 0 Å². The lowest BCUT2D eigenvalue weighted by molar-refractivity contribution is -0.311. The van der Waals surface area contributed by atoms with E-state index in [9.17, 15) is 30.0 Å². The van der Waals surface area contributed by atoms with Crippen molar-refractivity contribution in [1.82, 2.24) is 5.32 Å². The summed E-state index contributed by atoms with van der Waals surface area (Å²) < 4.78 is 16.6. The van der Waals surface area contributed by atoms with Gasteiger partial charge < -0.3 is 40.0 Å². The van der Waals surface area contributed by atoms with Crippen molar-refractivity contribution in [2.45, 2.75) is 109 Å². The summed E-state index contributed by atoms with van der Waals surface area (Å²) in [5, 5.41) is 43.6. The van der Waals surface area contributed by atoms with E-state index in [0.29, 0.717) is 6.42 Å². The number of hydrogen-bond donors (Lipinski definition) is 5. The van der Waals surface area contributed by atoms with Crippen molar-refractivity contribution in [3.05, 3.63) is 36.0 Å². The SMILES string of the molecule is CC(=O)O[C@@H](C)/C=C\C(=O)N[C@@H]1C[C@H](C)[C@H](C/C=C(C)\C=C\[C@H]2O[C@](C)(O)C[C@@](O)(CO)[C@@H]2O)O[C@@H]1C. The van der Waals surface area contributed by atoms with Crippen LogP contribution in [0.2, 0.25) is 0 Å². The predicted molar refractivity (Wildman–Crippen MR) is 136 cm³/mol. The van der Waals surface area contributed by atoms with Gasteiger partial charge in [-0.1, -0.05) is 30.7 Å². The highest BCUT2D eigenvalue weighted by Gasteiger charge is 2.51. The van der Waals surface area contributed by atoms with E-state index >= 15 is 0 Å².